The van der Waals surface area contributed by atoms with Gasteiger partial charge in [-0.15, -0.1) is 0 Å². The number of carbonyl (C=O) groups is 1. The zero-order valence-electron chi connectivity index (χ0n) is 19.0. The summed E-state index contributed by atoms with van der Waals surface area (Å²) in [5, 5.41) is 0.124. The average molecular weight is 455 g/mol. The van der Waals surface area contributed by atoms with Gasteiger partial charge in [-0.25, -0.2) is 5.43 Å². The maximum atomic E-state index is 11.6. The van der Waals surface area contributed by atoms with Crippen LogP contribution in [0.3, 0.4) is 0 Å². The molecule has 2 N–H and O–H groups in total. The summed E-state index contributed by atoms with van der Waals surface area (Å²) < 4.78 is 10.9. The van der Waals surface area contributed by atoms with Crippen LogP contribution in [0, 0.1) is 0 Å². The quantitative estimate of drug-likeness (QED) is 0.518. The van der Waals surface area contributed by atoms with Crippen molar-refractivity contribution in [3.8, 4) is 11.5 Å². The predicted molar refractivity (Wildman–Crippen MR) is 130 cm³/mol. The lowest BCUT2D eigenvalue weighted by Gasteiger charge is -2.34. The second kappa shape index (κ2) is 9.83. The third-order valence-electron chi connectivity index (χ3n) is 5.88. The lowest BCUT2D eigenvalue weighted by atomic mass is 9.95. The van der Waals surface area contributed by atoms with Gasteiger partial charge in [0.15, 0.2) is 11.5 Å². The topological polar surface area (TPSA) is 75.2 Å². The van der Waals surface area contributed by atoms with Crippen LogP contribution in [0.15, 0.2) is 41.4 Å². The molecule has 2 aromatic carbocycles. The third kappa shape index (κ3) is 4.42. The lowest BCUT2D eigenvalue weighted by Crippen LogP contribution is -2.47. The number of fused-ring (bicyclic) bond motifs is 1. The molecule has 0 bridgehead atoms. The van der Waals surface area contributed by atoms with Crippen molar-refractivity contribution in [2.75, 3.05) is 32.2 Å². The summed E-state index contributed by atoms with van der Waals surface area (Å²) in [4.78, 5) is 18.8. The molecule has 0 radical (unpaired) electrons. The Hall–Kier alpha value is -2.71. The number of methoxy groups -OCH3 is 2. The molecular formula is C24H30N4O3S. The average Bonchev–Trinajstić information content (AvgIpc) is 2.81. The fraction of sp³-hybridized carbons (Fsp3) is 0.417. The number of thioether (sulfide) groups is 1. The minimum atomic E-state index is -0.0341. The van der Waals surface area contributed by atoms with E-state index in [1.165, 1.54) is 28.6 Å². The first-order chi connectivity index (χ1) is 15.5. The first kappa shape index (κ1) is 22.5. The van der Waals surface area contributed by atoms with Crippen LogP contribution < -0.4 is 25.2 Å². The van der Waals surface area contributed by atoms with Gasteiger partial charge < -0.3 is 14.4 Å². The number of ether oxygens (including phenoxy) is 2. The van der Waals surface area contributed by atoms with E-state index < -0.39 is 0 Å². The van der Waals surface area contributed by atoms with Gasteiger partial charge in [-0.2, -0.15) is 0 Å². The van der Waals surface area contributed by atoms with Crippen molar-refractivity contribution in [1.29, 1.82) is 0 Å². The third-order valence-corrected chi connectivity index (χ3v) is 6.84. The molecular weight excluding hydrogens is 424 g/mol. The van der Waals surface area contributed by atoms with Crippen LogP contribution in [0.4, 0.5) is 10.5 Å². The van der Waals surface area contributed by atoms with Gasteiger partial charge in [-0.05, 0) is 55.2 Å². The standard InChI is InChI=1S/C24H30N4O3S/c1-5-25-23(18-9-11-20(30-3)21(14-18)31-4)28-12-6-7-16-13-17(8-10-19(16)28)22-15(2)32-24(29)27-26-22/h8-11,13-15,22,26H,5-7,12H2,1-4H3,(H,27,29). The molecule has 0 spiro atoms. The van der Waals surface area contributed by atoms with E-state index in [1.807, 2.05) is 18.2 Å². The molecule has 1 amide bonds. The Morgan fingerprint density at radius 2 is 2.00 bits per heavy atom. The van der Waals surface area contributed by atoms with Crippen molar-refractivity contribution in [3.63, 3.8) is 0 Å². The highest BCUT2D eigenvalue weighted by molar-refractivity contribution is 8.14. The number of rotatable bonds is 5. The Bertz CT molecular complexity index is 1030. The summed E-state index contributed by atoms with van der Waals surface area (Å²) in [5.41, 5.74) is 10.6. The Morgan fingerprint density at radius 3 is 2.72 bits per heavy atom. The molecule has 0 saturated carbocycles. The molecule has 0 aliphatic carbocycles. The zero-order valence-corrected chi connectivity index (χ0v) is 19.8. The number of carbonyl (C=O) groups excluding carboxylic acids is 1. The van der Waals surface area contributed by atoms with Crippen LogP contribution in [-0.4, -0.2) is 43.6 Å². The minimum absolute atomic E-state index is 0.0341. The van der Waals surface area contributed by atoms with E-state index in [0.717, 1.165) is 30.8 Å². The summed E-state index contributed by atoms with van der Waals surface area (Å²) in [7, 11) is 3.29. The van der Waals surface area contributed by atoms with Crippen LogP contribution in [0.1, 0.15) is 43.0 Å². The fourth-order valence-corrected chi connectivity index (χ4v) is 5.18. The van der Waals surface area contributed by atoms with Crippen molar-refractivity contribution in [2.45, 2.75) is 38.0 Å². The molecule has 2 aromatic rings. The van der Waals surface area contributed by atoms with Gasteiger partial charge in [0, 0.05) is 29.6 Å². The summed E-state index contributed by atoms with van der Waals surface area (Å²) >= 11 is 1.33. The summed E-state index contributed by atoms with van der Waals surface area (Å²) in [6, 6.07) is 12.6. The number of hydrogen-bond acceptors (Lipinski definition) is 6. The van der Waals surface area contributed by atoms with Gasteiger partial charge in [-0.1, -0.05) is 30.8 Å². The van der Waals surface area contributed by atoms with Gasteiger partial charge in [-0.3, -0.25) is 15.2 Å². The van der Waals surface area contributed by atoms with Crippen molar-refractivity contribution in [1.82, 2.24) is 10.9 Å². The molecule has 8 heteroatoms. The molecule has 0 aromatic heterocycles. The number of aryl methyl sites for hydroxylation is 1. The van der Waals surface area contributed by atoms with Crippen LogP contribution in [0.5, 0.6) is 11.5 Å². The second-order valence-corrected chi connectivity index (χ2v) is 9.22. The highest BCUT2D eigenvalue weighted by Gasteiger charge is 2.29. The lowest BCUT2D eigenvalue weighted by molar-refractivity contribution is 0.251. The highest BCUT2D eigenvalue weighted by Crippen LogP contribution is 2.36. The summed E-state index contributed by atoms with van der Waals surface area (Å²) in [6.45, 7) is 5.73. The highest BCUT2D eigenvalue weighted by atomic mass is 32.2. The number of hydrogen-bond donors (Lipinski definition) is 2. The molecule has 2 unspecified atom stereocenters. The molecule has 4 rings (SSSR count). The van der Waals surface area contributed by atoms with E-state index >= 15 is 0 Å². The first-order valence-electron chi connectivity index (χ1n) is 10.9. The molecule has 2 heterocycles. The fourth-order valence-electron chi connectivity index (χ4n) is 4.36. The molecule has 170 valence electrons. The molecule has 32 heavy (non-hydrogen) atoms. The number of benzene rings is 2. The summed E-state index contributed by atoms with van der Waals surface area (Å²) in [6.07, 6.45) is 2.07. The monoisotopic (exact) mass is 454 g/mol. The van der Waals surface area contributed by atoms with E-state index in [2.05, 4.69) is 47.8 Å². The molecule has 2 aliphatic heterocycles. The van der Waals surface area contributed by atoms with E-state index in [1.54, 1.807) is 14.2 Å². The van der Waals surface area contributed by atoms with Crippen LogP contribution in [0.2, 0.25) is 0 Å². The van der Waals surface area contributed by atoms with Gasteiger partial charge in [0.2, 0.25) is 0 Å². The van der Waals surface area contributed by atoms with Gasteiger partial charge in [0.1, 0.15) is 5.84 Å². The van der Waals surface area contributed by atoms with E-state index in [-0.39, 0.29) is 16.5 Å². The number of anilines is 1. The molecule has 1 saturated heterocycles. The number of amidine groups is 1. The van der Waals surface area contributed by atoms with Gasteiger partial charge in [0.05, 0.1) is 20.3 Å². The Labute approximate surface area is 193 Å². The second-order valence-electron chi connectivity index (χ2n) is 7.87. The molecule has 2 aliphatic rings. The maximum absolute atomic E-state index is 11.6. The van der Waals surface area contributed by atoms with Crippen LogP contribution in [0.25, 0.3) is 0 Å². The van der Waals surface area contributed by atoms with Crippen molar-refractivity contribution in [3.05, 3.63) is 53.1 Å². The number of nitrogens with one attached hydrogen (secondary N) is 2. The van der Waals surface area contributed by atoms with E-state index in [4.69, 9.17) is 14.5 Å². The number of aliphatic imine (C=N–C) groups is 1. The number of amides is 1. The molecule has 7 nitrogen and oxygen atoms in total. The van der Waals surface area contributed by atoms with Crippen LogP contribution >= 0.6 is 11.8 Å². The van der Waals surface area contributed by atoms with Gasteiger partial charge in [0.25, 0.3) is 5.24 Å². The smallest absolute Gasteiger partial charge is 0.293 e. The van der Waals surface area contributed by atoms with Crippen molar-refractivity contribution < 1.29 is 14.3 Å². The normalized spacial score (nSPS) is 21.1. The van der Waals surface area contributed by atoms with Crippen molar-refractivity contribution in [2.24, 2.45) is 4.99 Å². The summed E-state index contributed by atoms with van der Waals surface area (Å²) in [5.74, 6) is 2.34. The number of hydrazine groups is 1. The van der Waals surface area contributed by atoms with E-state index in [0.29, 0.717) is 18.0 Å². The number of nitrogens with zero attached hydrogens (tertiary/aromatic N) is 2. The minimum Gasteiger partial charge on any atom is -0.493 e. The molecule has 1 fully saturated rings. The predicted octanol–water partition coefficient (Wildman–Crippen LogP) is 4.31. The largest absolute Gasteiger partial charge is 0.493 e. The first-order valence-corrected chi connectivity index (χ1v) is 11.8. The zero-order chi connectivity index (χ0) is 22.7. The SMILES string of the molecule is CCN=C(c1ccc(OC)c(OC)c1)N1CCCc2cc(C3NNC(=O)SC3C)ccc21. The maximum Gasteiger partial charge on any atom is 0.293 e. The Morgan fingerprint density at radius 1 is 1.19 bits per heavy atom. The van der Waals surface area contributed by atoms with Crippen molar-refractivity contribution >= 4 is 28.5 Å². The van der Waals surface area contributed by atoms with Gasteiger partial charge >= 0.3 is 0 Å². The van der Waals surface area contributed by atoms with E-state index in [9.17, 15) is 4.79 Å². The van der Waals surface area contributed by atoms with Crippen LogP contribution in [-0.2, 0) is 6.42 Å². The molecule has 2 atom stereocenters. The Balaban J connectivity index is 1.68. The Kier molecular flexibility index (Phi) is 6.91.